The van der Waals surface area contributed by atoms with Gasteiger partial charge in [0.15, 0.2) is 0 Å². The Balaban J connectivity index is 1.41. The predicted octanol–water partition coefficient (Wildman–Crippen LogP) is 4.41. The Morgan fingerprint density at radius 3 is 2.50 bits per heavy atom. The fourth-order valence-electron chi connectivity index (χ4n) is 5.26. The molecule has 0 spiro atoms. The number of benzene rings is 2. The lowest BCUT2D eigenvalue weighted by Gasteiger charge is -2.30. The summed E-state index contributed by atoms with van der Waals surface area (Å²) in [6.45, 7) is 0.929. The van der Waals surface area contributed by atoms with Crippen molar-refractivity contribution in [2.24, 2.45) is 0 Å². The Labute approximate surface area is 211 Å². The smallest absolute Gasteiger partial charge is 0.259 e. The van der Waals surface area contributed by atoms with Gasteiger partial charge in [-0.15, -0.1) is 0 Å². The van der Waals surface area contributed by atoms with Crippen LogP contribution in [0, 0.1) is 0 Å². The van der Waals surface area contributed by atoms with Gasteiger partial charge in [-0.3, -0.25) is 9.59 Å². The van der Waals surface area contributed by atoms with Crippen LogP contribution < -0.4 is 5.43 Å². The molecule has 0 saturated heterocycles. The van der Waals surface area contributed by atoms with Gasteiger partial charge >= 0.3 is 0 Å². The van der Waals surface area contributed by atoms with E-state index in [1.807, 2.05) is 24.3 Å². The first-order valence-corrected chi connectivity index (χ1v) is 14.0. The molecule has 36 heavy (non-hydrogen) atoms. The van der Waals surface area contributed by atoms with Crippen LogP contribution in [0.3, 0.4) is 0 Å². The highest BCUT2D eigenvalue weighted by molar-refractivity contribution is 7.89. The zero-order valence-corrected chi connectivity index (χ0v) is 21.3. The van der Waals surface area contributed by atoms with Gasteiger partial charge in [0, 0.05) is 43.3 Å². The third kappa shape index (κ3) is 4.63. The van der Waals surface area contributed by atoms with Crippen LogP contribution in [0.5, 0.6) is 0 Å². The van der Waals surface area contributed by atoms with Crippen LogP contribution in [0.2, 0.25) is 0 Å². The van der Waals surface area contributed by atoms with Gasteiger partial charge in [-0.1, -0.05) is 55.7 Å². The maximum Gasteiger partial charge on any atom is 0.259 e. The number of aromatic nitrogens is 1. The van der Waals surface area contributed by atoms with Crippen molar-refractivity contribution in [3.63, 3.8) is 0 Å². The van der Waals surface area contributed by atoms with Crippen molar-refractivity contribution >= 4 is 32.4 Å². The van der Waals surface area contributed by atoms with Crippen LogP contribution in [-0.4, -0.2) is 54.7 Å². The quantitative estimate of drug-likeness (QED) is 0.556. The molecule has 0 atom stereocenters. The molecule has 0 bridgehead atoms. The van der Waals surface area contributed by atoms with E-state index >= 15 is 0 Å². The molecule has 3 aromatic rings. The summed E-state index contributed by atoms with van der Waals surface area (Å²) < 4.78 is 28.1. The van der Waals surface area contributed by atoms with Crippen LogP contribution in [0.25, 0.3) is 16.5 Å². The van der Waals surface area contributed by atoms with Crippen LogP contribution >= 0.6 is 0 Å². The molecule has 1 aromatic heterocycles. The van der Waals surface area contributed by atoms with Crippen LogP contribution in [0.4, 0.5) is 0 Å². The number of fused-ring (bicyclic) bond motifs is 1. The fraction of sp³-hybridized carbons (Fsp3) is 0.357. The van der Waals surface area contributed by atoms with Crippen LogP contribution in [-0.2, 0) is 10.0 Å². The maximum atomic E-state index is 13.4. The minimum Gasteiger partial charge on any atom is -0.360 e. The molecule has 1 aliphatic carbocycles. The first kappa shape index (κ1) is 24.5. The lowest BCUT2D eigenvalue weighted by atomic mass is 9.96. The van der Waals surface area contributed by atoms with E-state index in [2.05, 4.69) is 17.1 Å². The van der Waals surface area contributed by atoms with E-state index in [9.17, 15) is 18.0 Å². The highest BCUT2D eigenvalue weighted by Gasteiger charge is 2.30. The molecule has 2 aliphatic rings. The number of nitrogens with one attached hydrogen (secondary N) is 1. The van der Waals surface area contributed by atoms with Crippen molar-refractivity contribution in [3.05, 3.63) is 82.2 Å². The number of aromatic amines is 1. The molecule has 1 N–H and O–H groups in total. The topological polar surface area (TPSA) is 90.6 Å². The normalized spacial score (nSPS) is 17.4. The summed E-state index contributed by atoms with van der Waals surface area (Å²) in [5.74, 6) is -0.353. The minimum atomic E-state index is -3.76. The van der Waals surface area contributed by atoms with Gasteiger partial charge in [0.1, 0.15) is 5.56 Å². The largest absolute Gasteiger partial charge is 0.360 e. The molecule has 5 rings (SSSR count). The second-order valence-electron chi connectivity index (χ2n) is 9.65. The van der Waals surface area contributed by atoms with E-state index in [-0.39, 0.29) is 27.8 Å². The van der Waals surface area contributed by atoms with E-state index in [4.69, 9.17) is 0 Å². The van der Waals surface area contributed by atoms with Gasteiger partial charge in [0.25, 0.3) is 5.91 Å². The molecule has 1 amide bonds. The lowest BCUT2D eigenvalue weighted by Crippen LogP contribution is -2.38. The Morgan fingerprint density at radius 1 is 1.06 bits per heavy atom. The molecular weight excluding hydrogens is 474 g/mol. The molecular formula is C28H31N3O4S. The summed E-state index contributed by atoms with van der Waals surface area (Å²) in [5, 5.41) is 0.205. The lowest BCUT2D eigenvalue weighted by molar-refractivity contribution is 0.0771. The maximum absolute atomic E-state index is 13.4. The third-order valence-electron chi connectivity index (χ3n) is 7.49. The number of H-pyrrole nitrogens is 1. The predicted molar refractivity (Wildman–Crippen MR) is 141 cm³/mol. The van der Waals surface area contributed by atoms with Crippen molar-refractivity contribution in [2.45, 2.75) is 49.5 Å². The highest BCUT2D eigenvalue weighted by Crippen LogP contribution is 2.28. The number of hydrogen-bond acceptors (Lipinski definition) is 4. The second kappa shape index (κ2) is 10.0. The van der Waals surface area contributed by atoms with E-state index in [1.54, 1.807) is 18.0 Å². The summed E-state index contributed by atoms with van der Waals surface area (Å²) >= 11 is 0. The van der Waals surface area contributed by atoms with E-state index in [1.165, 1.54) is 28.2 Å². The van der Waals surface area contributed by atoms with Crippen molar-refractivity contribution in [2.75, 3.05) is 20.1 Å². The standard InChI is InChI=1S/C28H31N3O4S/c1-30(22-10-6-3-7-11-22)36(34,35)23-12-13-26-24(18-23)27(32)25(19-29-26)28(33)31-16-14-21(15-17-31)20-8-4-2-5-9-20/h2,4-5,8-9,12-14,18-19,22H,3,6-7,10-11,15-17H2,1H3,(H,29,32). The van der Waals surface area contributed by atoms with Gasteiger partial charge in [-0.05, 0) is 48.6 Å². The first-order valence-electron chi connectivity index (χ1n) is 12.5. The number of nitrogens with zero attached hydrogens (tertiary/aromatic N) is 2. The molecule has 1 saturated carbocycles. The van der Waals surface area contributed by atoms with Crippen molar-refractivity contribution in [1.82, 2.24) is 14.2 Å². The van der Waals surface area contributed by atoms with Gasteiger partial charge < -0.3 is 9.88 Å². The van der Waals surface area contributed by atoms with Crippen molar-refractivity contribution in [1.29, 1.82) is 0 Å². The molecule has 0 radical (unpaired) electrons. The summed E-state index contributed by atoms with van der Waals surface area (Å²) in [5.41, 5.74) is 2.39. The van der Waals surface area contributed by atoms with E-state index in [0.29, 0.717) is 25.0 Å². The van der Waals surface area contributed by atoms with E-state index < -0.39 is 15.5 Å². The zero-order chi connectivity index (χ0) is 25.3. The third-order valence-corrected chi connectivity index (χ3v) is 9.40. The molecule has 0 unspecified atom stereocenters. The number of amides is 1. The molecule has 2 aromatic carbocycles. The van der Waals surface area contributed by atoms with Crippen molar-refractivity contribution < 1.29 is 13.2 Å². The molecule has 188 valence electrons. The van der Waals surface area contributed by atoms with E-state index in [0.717, 1.165) is 37.7 Å². The summed E-state index contributed by atoms with van der Waals surface area (Å²) in [6.07, 6.45) is 9.03. The van der Waals surface area contributed by atoms with Gasteiger partial charge in [-0.2, -0.15) is 4.31 Å². The molecule has 7 nitrogen and oxygen atoms in total. The molecule has 2 heterocycles. The minimum absolute atomic E-state index is 0.0224. The summed E-state index contributed by atoms with van der Waals surface area (Å²) in [7, 11) is -2.14. The zero-order valence-electron chi connectivity index (χ0n) is 20.4. The number of carbonyl (C=O) groups is 1. The number of pyridine rings is 1. The van der Waals surface area contributed by atoms with Crippen LogP contribution in [0.1, 0.15) is 54.4 Å². The fourth-order valence-corrected chi connectivity index (χ4v) is 6.71. The van der Waals surface area contributed by atoms with Gasteiger partial charge in [-0.25, -0.2) is 8.42 Å². The average molecular weight is 506 g/mol. The van der Waals surface area contributed by atoms with Crippen LogP contribution in [0.15, 0.2) is 70.5 Å². The summed E-state index contributed by atoms with van der Waals surface area (Å²) in [4.78, 5) is 31.4. The highest BCUT2D eigenvalue weighted by atomic mass is 32.2. The monoisotopic (exact) mass is 505 g/mol. The SMILES string of the molecule is CN(C1CCCCC1)S(=O)(=O)c1ccc2[nH]cc(C(=O)N3CC=C(c4ccccc4)CC3)c(=O)c2c1. The number of carbonyl (C=O) groups excluding carboxylic acids is 1. The Morgan fingerprint density at radius 2 is 1.81 bits per heavy atom. The van der Waals surface area contributed by atoms with Gasteiger partial charge in [0.2, 0.25) is 15.5 Å². The first-order chi connectivity index (χ1) is 17.4. The summed E-state index contributed by atoms with van der Waals surface area (Å²) in [6, 6.07) is 14.6. The van der Waals surface area contributed by atoms with Gasteiger partial charge in [0.05, 0.1) is 4.90 Å². The number of rotatable bonds is 5. The van der Waals surface area contributed by atoms with Crippen molar-refractivity contribution in [3.8, 4) is 0 Å². The number of sulfonamides is 1. The second-order valence-corrected chi connectivity index (χ2v) is 11.6. The molecule has 1 aliphatic heterocycles. The molecule has 1 fully saturated rings. The molecule has 8 heteroatoms. The Hall–Kier alpha value is -3.23. The number of hydrogen-bond donors (Lipinski definition) is 1. The average Bonchev–Trinajstić information content (AvgIpc) is 2.93. The Kier molecular flexibility index (Phi) is 6.81. The Bertz CT molecular complexity index is 1470.